The van der Waals surface area contributed by atoms with Gasteiger partial charge in [0.2, 0.25) is 0 Å². The number of aliphatic hydroxyl groups excluding tert-OH is 1. The quantitative estimate of drug-likeness (QED) is 0.832. The van der Waals surface area contributed by atoms with Gasteiger partial charge in [0.05, 0.1) is 18.3 Å². The Hall–Kier alpha value is -0.160. The minimum absolute atomic E-state index is 0.167. The minimum Gasteiger partial charge on any atom is -0.389 e. The van der Waals surface area contributed by atoms with Gasteiger partial charge in [-0.3, -0.25) is 4.90 Å². The molecule has 0 aliphatic carbocycles. The summed E-state index contributed by atoms with van der Waals surface area (Å²) in [5.41, 5.74) is -0.167. The third-order valence-electron chi connectivity index (χ3n) is 4.33. The molecule has 0 unspecified atom stereocenters. The Labute approximate surface area is 117 Å². The van der Waals surface area contributed by atoms with E-state index in [4.69, 9.17) is 4.74 Å². The SMILES string of the molecule is CN1CC[C@@H]2CCN(C[C@@H](O)COC(C)(C)C)[C@H]2C1. The van der Waals surface area contributed by atoms with Crippen molar-refractivity contribution in [2.24, 2.45) is 5.92 Å². The Balaban J connectivity index is 1.79. The van der Waals surface area contributed by atoms with Crippen molar-refractivity contribution in [1.82, 2.24) is 9.80 Å². The van der Waals surface area contributed by atoms with Crippen LogP contribution >= 0.6 is 0 Å². The van der Waals surface area contributed by atoms with Crippen LogP contribution in [0.1, 0.15) is 33.6 Å². The number of fused-ring (bicyclic) bond motifs is 1. The van der Waals surface area contributed by atoms with Crippen molar-refractivity contribution in [3.05, 3.63) is 0 Å². The van der Waals surface area contributed by atoms with E-state index in [9.17, 15) is 5.11 Å². The van der Waals surface area contributed by atoms with E-state index in [0.717, 1.165) is 25.6 Å². The minimum atomic E-state index is -0.370. The number of hydrogen-bond acceptors (Lipinski definition) is 4. The number of ether oxygens (including phenoxy) is 1. The third-order valence-corrected chi connectivity index (χ3v) is 4.33. The summed E-state index contributed by atoms with van der Waals surface area (Å²) in [6.07, 6.45) is 2.24. The number of aliphatic hydroxyl groups is 1. The maximum Gasteiger partial charge on any atom is 0.0900 e. The van der Waals surface area contributed by atoms with Crippen LogP contribution in [0.2, 0.25) is 0 Å². The van der Waals surface area contributed by atoms with Crippen molar-refractivity contribution in [3.8, 4) is 0 Å². The molecule has 4 heteroatoms. The van der Waals surface area contributed by atoms with E-state index in [1.54, 1.807) is 0 Å². The first-order chi connectivity index (χ1) is 8.85. The number of likely N-dealkylation sites (tertiary alicyclic amines) is 2. The lowest BCUT2D eigenvalue weighted by Gasteiger charge is -2.37. The fourth-order valence-electron chi connectivity index (χ4n) is 3.28. The molecule has 1 N–H and O–H groups in total. The third kappa shape index (κ3) is 4.42. The van der Waals surface area contributed by atoms with Gasteiger partial charge < -0.3 is 14.7 Å². The molecule has 0 aromatic heterocycles. The summed E-state index contributed by atoms with van der Waals surface area (Å²) in [7, 11) is 2.20. The smallest absolute Gasteiger partial charge is 0.0900 e. The van der Waals surface area contributed by atoms with Gasteiger partial charge in [-0.05, 0) is 59.7 Å². The molecule has 3 atom stereocenters. The van der Waals surface area contributed by atoms with Crippen molar-refractivity contribution in [2.45, 2.75) is 51.4 Å². The normalized spacial score (nSPS) is 31.4. The highest BCUT2D eigenvalue weighted by atomic mass is 16.5. The molecular weight excluding hydrogens is 240 g/mol. The predicted molar refractivity (Wildman–Crippen MR) is 77.3 cm³/mol. The molecule has 2 aliphatic heterocycles. The molecular formula is C15H30N2O2. The van der Waals surface area contributed by atoms with Gasteiger partial charge in [0.15, 0.2) is 0 Å². The van der Waals surface area contributed by atoms with Crippen molar-refractivity contribution >= 4 is 0 Å². The zero-order valence-corrected chi connectivity index (χ0v) is 12.9. The first-order valence-electron chi connectivity index (χ1n) is 7.60. The molecule has 19 heavy (non-hydrogen) atoms. The zero-order chi connectivity index (χ0) is 14.0. The molecule has 2 saturated heterocycles. The van der Waals surface area contributed by atoms with Crippen LogP contribution in [0.4, 0.5) is 0 Å². The number of nitrogens with zero attached hydrogens (tertiary/aromatic N) is 2. The first-order valence-corrected chi connectivity index (χ1v) is 7.60. The second-order valence-corrected chi connectivity index (χ2v) is 7.24. The second-order valence-electron chi connectivity index (χ2n) is 7.24. The molecule has 112 valence electrons. The summed E-state index contributed by atoms with van der Waals surface area (Å²) in [6.45, 7) is 10.8. The van der Waals surface area contributed by atoms with Gasteiger partial charge in [-0.1, -0.05) is 0 Å². The lowest BCUT2D eigenvalue weighted by atomic mass is 9.92. The van der Waals surface area contributed by atoms with Crippen LogP contribution < -0.4 is 0 Å². The molecule has 0 radical (unpaired) electrons. The molecule has 0 saturated carbocycles. The van der Waals surface area contributed by atoms with Crippen LogP contribution in [0.3, 0.4) is 0 Å². The highest BCUT2D eigenvalue weighted by molar-refractivity contribution is 4.92. The van der Waals surface area contributed by atoms with E-state index < -0.39 is 0 Å². The summed E-state index contributed by atoms with van der Waals surface area (Å²) in [5.74, 6) is 0.840. The van der Waals surface area contributed by atoms with Crippen LogP contribution in [0.5, 0.6) is 0 Å². The van der Waals surface area contributed by atoms with Crippen LogP contribution in [0, 0.1) is 5.92 Å². The Bertz CT molecular complexity index is 290. The Morgan fingerprint density at radius 1 is 1.26 bits per heavy atom. The molecule has 2 aliphatic rings. The lowest BCUT2D eigenvalue weighted by Crippen LogP contribution is -2.49. The Morgan fingerprint density at radius 3 is 2.63 bits per heavy atom. The molecule has 0 amide bonds. The highest BCUT2D eigenvalue weighted by Crippen LogP contribution is 2.31. The van der Waals surface area contributed by atoms with Gasteiger partial charge in [0, 0.05) is 19.1 Å². The summed E-state index contributed by atoms with van der Waals surface area (Å²) >= 11 is 0. The molecule has 0 bridgehead atoms. The Kier molecular flexibility index (Phi) is 4.88. The number of likely N-dealkylation sites (N-methyl/N-ethyl adjacent to an activating group) is 1. The van der Waals surface area contributed by atoms with E-state index in [1.807, 2.05) is 20.8 Å². The van der Waals surface area contributed by atoms with Gasteiger partial charge >= 0.3 is 0 Å². The fraction of sp³-hybridized carbons (Fsp3) is 1.00. The van der Waals surface area contributed by atoms with E-state index >= 15 is 0 Å². The average molecular weight is 270 g/mol. The first kappa shape index (κ1) is 15.2. The second kappa shape index (κ2) is 6.08. The monoisotopic (exact) mass is 270 g/mol. The topological polar surface area (TPSA) is 35.9 Å². The van der Waals surface area contributed by atoms with Gasteiger partial charge in [-0.25, -0.2) is 0 Å². The van der Waals surface area contributed by atoms with Crippen LogP contribution in [0.15, 0.2) is 0 Å². The maximum atomic E-state index is 10.1. The van der Waals surface area contributed by atoms with Crippen molar-refractivity contribution in [1.29, 1.82) is 0 Å². The fourth-order valence-corrected chi connectivity index (χ4v) is 3.28. The van der Waals surface area contributed by atoms with Crippen LogP contribution in [-0.4, -0.2) is 72.5 Å². The van der Waals surface area contributed by atoms with Gasteiger partial charge in [-0.2, -0.15) is 0 Å². The standard InChI is InChI=1S/C15H30N2O2/c1-15(2,3)19-11-13(18)9-17-8-6-12-5-7-16(4)10-14(12)17/h12-14,18H,5-11H2,1-4H3/t12-,13-,14+/m1/s1. The number of hydrogen-bond donors (Lipinski definition) is 1. The van der Waals surface area contributed by atoms with E-state index in [1.165, 1.54) is 19.4 Å². The summed E-state index contributed by atoms with van der Waals surface area (Å²) < 4.78 is 5.67. The molecule has 2 heterocycles. The molecule has 0 aromatic rings. The van der Waals surface area contributed by atoms with Crippen LogP contribution in [0.25, 0.3) is 0 Å². The van der Waals surface area contributed by atoms with Crippen LogP contribution in [-0.2, 0) is 4.74 Å². The molecule has 0 aromatic carbocycles. The summed E-state index contributed by atoms with van der Waals surface area (Å²) in [4.78, 5) is 4.88. The highest BCUT2D eigenvalue weighted by Gasteiger charge is 2.37. The number of rotatable bonds is 4. The van der Waals surface area contributed by atoms with Crippen molar-refractivity contribution in [2.75, 3.05) is 39.8 Å². The molecule has 0 spiro atoms. The summed E-state index contributed by atoms with van der Waals surface area (Å²) in [5, 5.41) is 10.1. The van der Waals surface area contributed by atoms with E-state index in [0.29, 0.717) is 12.6 Å². The maximum absolute atomic E-state index is 10.1. The average Bonchev–Trinajstić information content (AvgIpc) is 2.68. The van der Waals surface area contributed by atoms with E-state index in [-0.39, 0.29) is 11.7 Å². The molecule has 4 nitrogen and oxygen atoms in total. The van der Waals surface area contributed by atoms with E-state index in [2.05, 4.69) is 16.8 Å². The van der Waals surface area contributed by atoms with Gasteiger partial charge in [-0.15, -0.1) is 0 Å². The largest absolute Gasteiger partial charge is 0.389 e. The Morgan fingerprint density at radius 2 is 1.95 bits per heavy atom. The lowest BCUT2D eigenvalue weighted by molar-refractivity contribution is -0.0587. The van der Waals surface area contributed by atoms with Crippen molar-refractivity contribution in [3.63, 3.8) is 0 Å². The van der Waals surface area contributed by atoms with Crippen molar-refractivity contribution < 1.29 is 9.84 Å². The van der Waals surface area contributed by atoms with Gasteiger partial charge in [0.25, 0.3) is 0 Å². The predicted octanol–water partition coefficient (Wildman–Crippen LogP) is 1.19. The molecule has 2 fully saturated rings. The number of β-amino-alcohol motifs (C(OH)–C–C–N with tert-alkyl or cyclic N) is 1. The van der Waals surface area contributed by atoms with Gasteiger partial charge in [0.1, 0.15) is 0 Å². The zero-order valence-electron chi connectivity index (χ0n) is 12.9. The number of piperidine rings is 1. The summed E-state index contributed by atoms with van der Waals surface area (Å²) in [6, 6.07) is 0.642. The molecule has 2 rings (SSSR count).